The van der Waals surface area contributed by atoms with Gasteiger partial charge in [-0.15, -0.1) is 11.8 Å². The van der Waals surface area contributed by atoms with E-state index in [9.17, 15) is 9.59 Å². The molecule has 1 unspecified atom stereocenters. The molecule has 172 valence electrons. The second kappa shape index (κ2) is 11.8. The van der Waals surface area contributed by atoms with E-state index >= 15 is 0 Å². The van der Waals surface area contributed by atoms with E-state index < -0.39 is 0 Å². The zero-order valence-electron chi connectivity index (χ0n) is 18.6. The summed E-state index contributed by atoms with van der Waals surface area (Å²) in [7, 11) is 3.01. The van der Waals surface area contributed by atoms with E-state index in [0.29, 0.717) is 29.2 Å². The maximum absolute atomic E-state index is 13.0. The predicted octanol–water partition coefficient (Wildman–Crippen LogP) is 6.23. The van der Waals surface area contributed by atoms with Crippen LogP contribution in [0.3, 0.4) is 0 Å². The van der Waals surface area contributed by atoms with Crippen molar-refractivity contribution in [1.82, 2.24) is 0 Å². The Bertz CT molecular complexity index is 1100. The maximum atomic E-state index is 13.0. The van der Waals surface area contributed by atoms with Gasteiger partial charge in [-0.2, -0.15) is 0 Å². The van der Waals surface area contributed by atoms with Crippen LogP contribution < -0.4 is 20.1 Å². The highest BCUT2D eigenvalue weighted by molar-refractivity contribution is 9.10. The Hall–Kier alpha value is -2.97. The van der Waals surface area contributed by atoms with Crippen LogP contribution >= 0.6 is 27.7 Å². The zero-order chi connectivity index (χ0) is 23.8. The topological polar surface area (TPSA) is 76.7 Å². The Morgan fingerprint density at radius 1 is 0.909 bits per heavy atom. The van der Waals surface area contributed by atoms with Gasteiger partial charge in [-0.1, -0.05) is 35.0 Å². The van der Waals surface area contributed by atoms with Crippen LogP contribution in [-0.4, -0.2) is 31.3 Å². The molecule has 33 heavy (non-hydrogen) atoms. The lowest BCUT2D eigenvalue weighted by Gasteiger charge is -2.16. The van der Waals surface area contributed by atoms with Crippen LogP contribution in [0.25, 0.3) is 0 Å². The lowest BCUT2D eigenvalue weighted by molar-refractivity contribution is -0.115. The Balaban J connectivity index is 1.72. The number of anilines is 2. The fraction of sp³-hybridized carbons (Fsp3) is 0.200. The van der Waals surface area contributed by atoms with Crippen molar-refractivity contribution in [3.8, 4) is 11.5 Å². The molecule has 0 bridgehead atoms. The summed E-state index contributed by atoms with van der Waals surface area (Å²) in [5, 5.41) is 5.57. The van der Waals surface area contributed by atoms with Crippen molar-refractivity contribution >= 4 is 50.9 Å². The normalized spacial score (nSPS) is 11.4. The number of carbonyl (C=O) groups excluding carboxylic acids is 2. The SMILES string of the molecule is CCC(Sc1cccc(NC(=O)c2c(OC)cccc2OC)c1)C(=O)Nc1ccc(Br)cc1. The summed E-state index contributed by atoms with van der Waals surface area (Å²) in [4.78, 5) is 26.6. The molecular weight excluding hydrogens is 504 g/mol. The first kappa shape index (κ1) is 24.7. The van der Waals surface area contributed by atoms with E-state index in [1.165, 1.54) is 26.0 Å². The van der Waals surface area contributed by atoms with E-state index in [4.69, 9.17) is 9.47 Å². The third-order valence-corrected chi connectivity index (χ3v) is 6.69. The lowest BCUT2D eigenvalue weighted by atomic mass is 10.1. The molecule has 0 radical (unpaired) electrons. The molecule has 6 nitrogen and oxygen atoms in total. The van der Waals surface area contributed by atoms with Crippen LogP contribution in [0.2, 0.25) is 0 Å². The molecule has 0 spiro atoms. The number of nitrogens with one attached hydrogen (secondary N) is 2. The average Bonchev–Trinajstić information content (AvgIpc) is 2.83. The molecule has 2 amide bonds. The highest BCUT2D eigenvalue weighted by Gasteiger charge is 2.20. The first-order valence-electron chi connectivity index (χ1n) is 10.3. The van der Waals surface area contributed by atoms with Crippen LogP contribution in [-0.2, 0) is 4.79 Å². The summed E-state index contributed by atoms with van der Waals surface area (Å²) in [6.07, 6.45) is 0.655. The highest BCUT2D eigenvalue weighted by Crippen LogP contribution is 2.31. The van der Waals surface area contributed by atoms with Crippen molar-refractivity contribution in [1.29, 1.82) is 0 Å². The monoisotopic (exact) mass is 528 g/mol. The predicted molar refractivity (Wildman–Crippen MR) is 137 cm³/mol. The molecule has 0 saturated carbocycles. The van der Waals surface area contributed by atoms with Gasteiger partial charge in [0.25, 0.3) is 5.91 Å². The number of ether oxygens (including phenoxy) is 2. The van der Waals surface area contributed by atoms with Crippen molar-refractivity contribution in [3.05, 3.63) is 76.8 Å². The maximum Gasteiger partial charge on any atom is 0.263 e. The van der Waals surface area contributed by atoms with Crippen LogP contribution in [0.15, 0.2) is 76.1 Å². The molecule has 0 aliphatic carbocycles. The van der Waals surface area contributed by atoms with E-state index in [2.05, 4.69) is 26.6 Å². The standard InChI is InChI=1S/C25H25BrN2O4S/c1-4-22(24(29)27-17-13-11-16(26)12-14-17)33-19-8-5-7-18(15-19)28-25(30)23-20(31-2)9-6-10-21(23)32-3/h5-15,22H,4H2,1-3H3,(H,27,29)(H,28,30). The van der Waals surface area contributed by atoms with Gasteiger partial charge in [0.1, 0.15) is 17.1 Å². The number of rotatable bonds is 9. The van der Waals surface area contributed by atoms with Crippen molar-refractivity contribution in [2.24, 2.45) is 0 Å². The summed E-state index contributed by atoms with van der Waals surface area (Å²) < 4.78 is 11.6. The first-order chi connectivity index (χ1) is 15.9. The van der Waals surface area contributed by atoms with Gasteiger partial charge in [-0.05, 0) is 61.0 Å². The van der Waals surface area contributed by atoms with E-state index in [-0.39, 0.29) is 17.1 Å². The van der Waals surface area contributed by atoms with E-state index in [1.54, 1.807) is 24.3 Å². The molecule has 3 aromatic carbocycles. The fourth-order valence-electron chi connectivity index (χ4n) is 3.16. The van der Waals surface area contributed by atoms with Crippen LogP contribution in [0, 0.1) is 0 Å². The van der Waals surface area contributed by atoms with E-state index in [0.717, 1.165) is 15.1 Å². The quantitative estimate of drug-likeness (QED) is 0.322. The number of methoxy groups -OCH3 is 2. The largest absolute Gasteiger partial charge is 0.496 e. The summed E-state index contributed by atoms with van der Waals surface area (Å²) in [6, 6.07) is 20.0. The minimum absolute atomic E-state index is 0.0713. The Labute approximate surface area is 206 Å². The van der Waals surface area contributed by atoms with Gasteiger partial charge in [0, 0.05) is 20.7 Å². The van der Waals surface area contributed by atoms with Gasteiger partial charge in [0.2, 0.25) is 5.91 Å². The number of carbonyl (C=O) groups is 2. The Morgan fingerprint density at radius 2 is 1.55 bits per heavy atom. The van der Waals surface area contributed by atoms with E-state index in [1.807, 2.05) is 49.4 Å². The number of amides is 2. The van der Waals surface area contributed by atoms with Crippen LogP contribution in [0.1, 0.15) is 23.7 Å². The van der Waals surface area contributed by atoms with Crippen molar-refractivity contribution in [2.75, 3.05) is 24.9 Å². The van der Waals surface area contributed by atoms with Gasteiger partial charge >= 0.3 is 0 Å². The third-order valence-electron chi connectivity index (χ3n) is 4.80. The number of halogens is 1. The average molecular weight is 529 g/mol. The number of thioether (sulfide) groups is 1. The smallest absolute Gasteiger partial charge is 0.263 e. The molecule has 2 N–H and O–H groups in total. The van der Waals surface area contributed by atoms with Crippen molar-refractivity contribution in [3.63, 3.8) is 0 Å². The summed E-state index contributed by atoms with van der Waals surface area (Å²) >= 11 is 4.84. The Morgan fingerprint density at radius 3 is 2.15 bits per heavy atom. The molecule has 0 aliphatic rings. The zero-order valence-corrected chi connectivity index (χ0v) is 21.0. The van der Waals surface area contributed by atoms with Crippen molar-refractivity contribution < 1.29 is 19.1 Å². The van der Waals surface area contributed by atoms with Gasteiger partial charge in [0.15, 0.2) is 0 Å². The van der Waals surface area contributed by atoms with Crippen LogP contribution in [0.5, 0.6) is 11.5 Å². The second-order valence-electron chi connectivity index (χ2n) is 7.03. The number of hydrogen-bond acceptors (Lipinski definition) is 5. The van der Waals surface area contributed by atoms with Gasteiger partial charge in [-0.3, -0.25) is 9.59 Å². The molecule has 0 aromatic heterocycles. The summed E-state index contributed by atoms with van der Waals surface area (Å²) in [5.74, 6) is 0.436. The molecule has 0 aliphatic heterocycles. The van der Waals surface area contributed by atoms with Gasteiger partial charge in [0.05, 0.1) is 19.5 Å². The first-order valence-corrected chi connectivity index (χ1v) is 12.0. The third kappa shape index (κ3) is 6.52. The molecule has 8 heteroatoms. The van der Waals surface area contributed by atoms with Crippen LogP contribution in [0.4, 0.5) is 11.4 Å². The molecule has 0 heterocycles. The minimum Gasteiger partial charge on any atom is -0.496 e. The molecule has 1 atom stereocenters. The number of hydrogen-bond donors (Lipinski definition) is 2. The second-order valence-corrected chi connectivity index (χ2v) is 9.22. The number of benzene rings is 3. The highest BCUT2D eigenvalue weighted by atomic mass is 79.9. The summed E-state index contributed by atoms with van der Waals surface area (Å²) in [5.41, 5.74) is 1.68. The van der Waals surface area contributed by atoms with Gasteiger partial charge < -0.3 is 20.1 Å². The minimum atomic E-state index is -0.341. The van der Waals surface area contributed by atoms with Gasteiger partial charge in [-0.25, -0.2) is 0 Å². The summed E-state index contributed by atoms with van der Waals surface area (Å²) in [6.45, 7) is 1.97. The molecular formula is C25H25BrN2O4S. The fourth-order valence-corrected chi connectivity index (χ4v) is 4.44. The lowest BCUT2D eigenvalue weighted by Crippen LogP contribution is -2.24. The molecule has 0 fully saturated rings. The molecule has 3 rings (SSSR count). The molecule has 3 aromatic rings. The Kier molecular flexibility index (Phi) is 8.79. The molecule has 0 saturated heterocycles. The van der Waals surface area contributed by atoms with Crippen molar-refractivity contribution in [2.45, 2.75) is 23.5 Å².